The summed E-state index contributed by atoms with van der Waals surface area (Å²) in [6.45, 7) is 1.05. The van der Waals surface area contributed by atoms with Crippen LogP contribution < -0.4 is 17.0 Å². The van der Waals surface area contributed by atoms with Gasteiger partial charge in [0.2, 0.25) is 0 Å². The highest BCUT2D eigenvalue weighted by molar-refractivity contribution is 5.71. The van der Waals surface area contributed by atoms with E-state index in [0.29, 0.717) is 5.56 Å². The van der Waals surface area contributed by atoms with Crippen LogP contribution in [0, 0.1) is 6.92 Å². The molecule has 1 aliphatic rings. The molecule has 0 aliphatic carbocycles. The van der Waals surface area contributed by atoms with E-state index in [9.17, 15) is 24.7 Å². The second-order valence-corrected chi connectivity index (χ2v) is 4.78. The van der Waals surface area contributed by atoms with Crippen LogP contribution in [0.3, 0.4) is 0 Å². The van der Waals surface area contributed by atoms with Crippen LogP contribution in [-0.4, -0.2) is 49.7 Å². The monoisotopic (exact) mass is 300 g/mol. The van der Waals surface area contributed by atoms with Crippen molar-refractivity contribution in [3.8, 4) is 0 Å². The number of H-pyrrole nitrogens is 1. The zero-order chi connectivity index (χ0) is 15.7. The van der Waals surface area contributed by atoms with Gasteiger partial charge in [-0.25, -0.2) is 14.7 Å². The molecule has 3 atom stereocenters. The number of nitrogens with two attached hydrogens (primary N) is 1. The summed E-state index contributed by atoms with van der Waals surface area (Å²) in [5, 5.41) is 19.1. The van der Waals surface area contributed by atoms with E-state index < -0.39 is 42.3 Å². The maximum atomic E-state index is 11.8. The summed E-state index contributed by atoms with van der Waals surface area (Å²) in [5.74, 6) is 0. The Kier molecular flexibility index (Phi) is 4.11. The quantitative estimate of drug-likeness (QED) is 0.384. The molecule has 1 saturated heterocycles. The minimum atomic E-state index is -1.09. The van der Waals surface area contributed by atoms with Crippen LogP contribution in [-0.2, 0) is 4.74 Å². The number of ether oxygens (including phenoxy) is 1. The Morgan fingerprint density at radius 1 is 1.62 bits per heavy atom. The Bertz CT molecular complexity index is 653. The van der Waals surface area contributed by atoms with Gasteiger partial charge >= 0.3 is 11.7 Å². The van der Waals surface area contributed by atoms with Crippen molar-refractivity contribution in [2.24, 2.45) is 5.73 Å². The number of hydrogen-bond donors (Lipinski definition) is 4. The Morgan fingerprint density at radius 3 is 2.86 bits per heavy atom. The van der Waals surface area contributed by atoms with Crippen molar-refractivity contribution in [2.45, 2.75) is 31.7 Å². The number of aryl methyl sites for hydroxylation is 1. The van der Waals surface area contributed by atoms with Gasteiger partial charge in [-0.1, -0.05) is 0 Å². The predicted octanol–water partition coefficient (Wildman–Crippen LogP) is -1.74. The highest BCUT2D eigenvalue weighted by Gasteiger charge is 2.41. The van der Waals surface area contributed by atoms with E-state index in [1.165, 1.54) is 13.1 Å². The van der Waals surface area contributed by atoms with Gasteiger partial charge in [-0.2, -0.15) is 0 Å². The second kappa shape index (κ2) is 5.68. The summed E-state index contributed by atoms with van der Waals surface area (Å²) in [6.07, 6.45) is -0.388. The van der Waals surface area contributed by atoms with Gasteiger partial charge in [-0.3, -0.25) is 19.6 Å². The Labute approximate surface area is 118 Å². The van der Waals surface area contributed by atoms with Crippen molar-refractivity contribution >= 4 is 6.03 Å². The van der Waals surface area contributed by atoms with Crippen molar-refractivity contribution in [2.75, 3.05) is 6.61 Å². The van der Waals surface area contributed by atoms with E-state index in [0.717, 1.165) is 4.57 Å². The molecule has 1 aliphatic heterocycles. The molecule has 1 fully saturated rings. The number of nitrogens with zero attached hydrogens (tertiary/aromatic N) is 2. The first-order chi connectivity index (χ1) is 9.85. The van der Waals surface area contributed by atoms with Crippen LogP contribution in [0.1, 0.15) is 18.2 Å². The largest absolute Gasteiger partial charge is 0.394 e. The lowest BCUT2D eigenvalue weighted by atomic mass is 10.1. The topological polar surface area (TPSA) is 151 Å². The van der Waals surface area contributed by atoms with Gasteiger partial charge in [0, 0.05) is 18.2 Å². The molecule has 2 amide bonds. The first-order valence-corrected chi connectivity index (χ1v) is 6.21. The van der Waals surface area contributed by atoms with Crippen molar-refractivity contribution < 1.29 is 19.8 Å². The van der Waals surface area contributed by atoms with Crippen molar-refractivity contribution in [3.05, 3.63) is 32.6 Å². The van der Waals surface area contributed by atoms with Crippen LogP contribution in [0.4, 0.5) is 4.79 Å². The minimum Gasteiger partial charge on any atom is -0.394 e. The summed E-state index contributed by atoms with van der Waals surface area (Å²) >= 11 is 0. The highest BCUT2D eigenvalue weighted by atomic mass is 16.6. The van der Waals surface area contributed by atoms with E-state index >= 15 is 0 Å². The SMILES string of the molecule is Cc1cn([C@H]2C[C@H](N(O)C(N)=O)[C@@H](CO)O2)c(=O)[nH]c1=O. The van der Waals surface area contributed by atoms with Gasteiger partial charge in [0.15, 0.2) is 0 Å². The number of aliphatic hydroxyl groups excluding tert-OH is 1. The van der Waals surface area contributed by atoms with Gasteiger partial charge in [-0.15, -0.1) is 0 Å². The summed E-state index contributed by atoms with van der Waals surface area (Å²) in [7, 11) is 0. The number of carbonyl (C=O) groups excluding carboxylic acids is 1. The molecule has 0 spiro atoms. The van der Waals surface area contributed by atoms with Crippen molar-refractivity contribution in [1.82, 2.24) is 14.6 Å². The smallest absolute Gasteiger partial charge is 0.338 e. The van der Waals surface area contributed by atoms with E-state index in [1.54, 1.807) is 0 Å². The molecule has 0 bridgehead atoms. The Morgan fingerprint density at radius 2 is 2.29 bits per heavy atom. The van der Waals surface area contributed by atoms with Crippen LogP contribution in [0.5, 0.6) is 0 Å². The molecule has 10 heteroatoms. The lowest BCUT2D eigenvalue weighted by molar-refractivity contribution is -0.106. The molecule has 2 rings (SSSR count). The van der Waals surface area contributed by atoms with Crippen molar-refractivity contribution in [1.29, 1.82) is 0 Å². The van der Waals surface area contributed by atoms with Crippen LogP contribution in [0.2, 0.25) is 0 Å². The first kappa shape index (κ1) is 15.2. The van der Waals surface area contributed by atoms with E-state index in [2.05, 4.69) is 4.98 Å². The fourth-order valence-corrected chi connectivity index (χ4v) is 2.27. The van der Waals surface area contributed by atoms with Crippen LogP contribution >= 0.6 is 0 Å². The molecule has 0 radical (unpaired) electrons. The lowest BCUT2D eigenvalue weighted by Crippen LogP contribution is -2.46. The number of nitrogens with one attached hydrogen (secondary N) is 1. The number of amides is 2. The van der Waals surface area contributed by atoms with E-state index in [-0.39, 0.29) is 11.5 Å². The third-order valence-corrected chi connectivity index (χ3v) is 3.38. The number of hydrogen-bond acceptors (Lipinski definition) is 6. The molecule has 2 heterocycles. The number of aliphatic hydroxyl groups is 1. The lowest BCUT2D eigenvalue weighted by Gasteiger charge is -2.22. The zero-order valence-corrected chi connectivity index (χ0v) is 11.2. The van der Waals surface area contributed by atoms with Gasteiger partial charge in [0.05, 0.1) is 12.6 Å². The van der Waals surface area contributed by atoms with Crippen LogP contribution in [0.25, 0.3) is 0 Å². The molecule has 21 heavy (non-hydrogen) atoms. The summed E-state index contributed by atoms with van der Waals surface area (Å²) in [4.78, 5) is 36.2. The number of hydroxylamine groups is 2. The summed E-state index contributed by atoms with van der Waals surface area (Å²) in [5.41, 5.74) is 4.09. The first-order valence-electron chi connectivity index (χ1n) is 6.21. The van der Waals surface area contributed by atoms with Crippen LogP contribution in [0.15, 0.2) is 15.8 Å². The summed E-state index contributed by atoms with van der Waals surface area (Å²) in [6, 6.07) is -1.98. The van der Waals surface area contributed by atoms with Gasteiger partial charge < -0.3 is 15.6 Å². The molecule has 116 valence electrons. The second-order valence-electron chi connectivity index (χ2n) is 4.78. The molecular formula is C11H16N4O6. The maximum Gasteiger partial charge on any atom is 0.338 e. The van der Waals surface area contributed by atoms with Gasteiger partial charge in [-0.05, 0) is 6.92 Å². The highest BCUT2D eigenvalue weighted by Crippen LogP contribution is 2.30. The van der Waals surface area contributed by atoms with E-state index in [4.69, 9.17) is 10.5 Å². The standard InChI is InChI=1S/C11H16N4O6/c1-5-3-14(11(19)13-9(5)17)8-2-6(7(4-16)21-8)15(20)10(12)18/h3,6-8,16,20H,2,4H2,1H3,(H2,12,18)(H,13,17,19)/t6-,7+,8+/m0/s1. The van der Waals surface area contributed by atoms with Gasteiger partial charge in [0.1, 0.15) is 12.3 Å². The number of aromatic amines is 1. The molecular weight excluding hydrogens is 284 g/mol. The molecule has 5 N–H and O–H groups in total. The van der Waals surface area contributed by atoms with Crippen molar-refractivity contribution in [3.63, 3.8) is 0 Å². The average Bonchev–Trinajstić information content (AvgIpc) is 2.85. The maximum absolute atomic E-state index is 11.8. The zero-order valence-electron chi connectivity index (χ0n) is 11.2. The molecule has 1 aromatic heterocycles. The fraction of sp³-hybridized carbons (Fsp3) is 0.545. The molecule has 10 nitrogen and oxygen atoms in total. The average molecular weight is 300 g/mol. The third kappa shape index (κ3) is 2.82. The predicted molar refractivity (Wildman–Crippen MR) is 68.7 cm³/mol. The minimum absolute atomic E-state index is 0.0378. The molecule has 1 aromatic rings. The fourth-order valence-electron chi connectivity index (χ4n) is 2.27. The number of aromatic nitrogens is 2. The Balaban J connectivity index is 2.32. The number of carbonyl (C=O) groups is 1. The molecule has 0 saturated carbocycles. The molecule has 0 aromatic carbocycles. The third-order valence-electron chi connectivity index (χ3n) is 3.38. The number of rotatable bonds is 3. The Hall–Kier alpha value is -2.17. The van der Waals surface area contributed by atoms with Gasteiger partial charge in [0.25, 0.3) is 5.56 Å². The number of urea groups is 1. The summed E-state index contributed by atoms with van der Waals surface area (Å²) < 4.78 is 6.57. The van der Waals surface area contributed by atoms with E-state index in [1.807, 2.05) is 0 Å². The molecule has 0 unspecified atom stereocenters. The number of primary amides is 1. The normalized spacial score (nSPS) is 25.0.